The average Bonchev–Trinajstić information content (AvgIpc) is 2.91. The molecule has 1 amide bonds. The molecule has 2 unspecified atom stereocenters. The Bertz CT molecular complexity index is 595. The normalized spacial score (nSPS) is 20.2. The van der Waals surface area contributed by atoms with Crippen LogP contribution in [0.4, 0.5) is 4.39 Å². The summed E-state index contributed by atoms with van der Waals surface area (Å²) in [5.41, 5.74) is 0. The first-order chi connectivity index (χ1) is 9.89. The minimum Gasteiger partial charge on any atom is -0.352 e. The minimum absolute atomic E-state index is 0.0340. The van der Waals surface area contributed by atoms with E-state index >= 15 is 0 Å². The second-order valence-electron chi connectivity index (χ2n) is 5.27. The summed E-state index contributed by atoms with van der Waals surface area (Å²) < 4.78 is 37.5. The van der Waals surface area contributed by atoms with E-state index in [0.717, 1.165) is 25.1 Å². The minimum atomic E-state index is -3.63. The highest BCUT2D eigenvalue weighted by atomic mass is 32.2. The molecule has 2 atom stereocenters. The van der Waals surface area contributed by atoms with E-state index in [-0.39, 0.29) is 23.3 Å². The third kappa shape index (κ3) is 4.01. The summed E-state index contributed by atoms with van der Waals surface area (Å²) in [6, 6.07) is 4.71. The third-order valence-electron chi connectivity index (χ3n) is 3.57. The van der Waals surface area contributed by atoms with Crippen molar-refractivity contribution in [3.63, 3.8) is 0 Å². The van der Waals surface area contributed by atoms with Gasteiger partial charge in [-0.3, -0.25) is 4.79 Å². The lowest BCUT2D eigenvalue weighted by Crippen LogP contribution is -2.38. The lowest BCUT2D eigenvalue weighted by molar-refractivity contribution is -0.121. The Morgan fingerprint density at radius 1 is 1.43 bits per heavy atom. The molecule has 2 N–H and O–H groups in total. The van der Waals surface area contributed by atoms with Crippen molar-refractivity contribution < 1.29 is 17.6 Å². The molecule has 1 aliphatic rings. The van der Waals surface area contributed by atoms with Gasteiger partial charge in [-0.25, -0.2) is 12.8 Å². The number of carbonyl (C=O) groups is 1. The first-order valence-electron chi connectivity index (χ1n) is 6.89. The zero-order valence-electron chi connectivity index (χ0n) is 11.8. The highest BCUT2D eigenvalue weighted by molar-refractivity contribution is 7.92. The molecule has 116 valence electrons. The SMILES string of the molecule is CC(CC(=O)NC1CCNC1)S(=O)(=O)c1ccc(F)cc1. The molecule has 5 nitrogen and oxygen atoms in total. The van der Waals surface area contributed by atoms with Gasteiger partial charge in [-0.15, -0.1) is 0 Å². The number of halogens is 1. The van der Waals surface area contributed by atoms with Crippen LogP contribution < -0.4 is 10.6 Å². The molecule has 1 fully saturated rings. The van der Waals surface area contributed by atoms with Gasteiger partial charge < -0.3 is 10.6 Å². The van der Waals surface area contributed by atoms with E-state index in [1.54, 1.807) is 0 Å². The maximum Gasteiger partial charge on any atom is 0.221 e. The number of nitrogens with one attached hydrogen (secondary N) is 2. The Labute approximate surface area is 123 Å². The largest absolute Gasteiger partial charge is 0.352 e. The molecule has 1 heterocycles. The molecule has 2 rings (SSSR count). The van der Waals surface area contributed by atoms with E-state index in [1.165, 1.54) is 19.1 Å². The standard InChI is InChI=1S/C14H19FN2O3S/c1-10(8-14(18)17-12-6-7-16-9-12)21(19,20)13-4-2-11(15)3-5-13/h2-5,10,12,16H,6-9H2,1H3,(H,17,18). The average molecular weight is 314 g/mol. The molecule has 1 aromatic carbocycles. The summed E-state index contributed by atoms with van der Waals surface area (Å²) >= 11 is 0. The van der Waals surface area contributed by atoms with E-state index in [1.807, 2.05) is 0 Å². The molecule has 21 heavy (non-hydrogen) atoms. The van der Waals surface area contributed by atoms with Gasteiger partial charge in [-0.2, -0.15) is 0 Å². The van der Waals surface area contributed by atoms with Crippen LogP contribution in [0.2, 0.25) is 0 Å². The first-order valence-corrected chi connectivity index (χ1v) is 8.44. The molecule has 7 heteroatoms. The Kier molecular flexibility index (Phi) is 4.95. The fourth-order valence-electron chi connectivity index (χ4n) is 2.29. The monoisotopic (exact) mass is 314 g/mol. The quantitative estimate of drug-likeness (QED) is 0.790. The summed E-state index contributed by atoms with van der Waals surface area (Å²) in [5.74, 6) is -0.769. The van der Waals surface area contributed by atoms with E-state index in [4.69, 9.17) is 0 Å². The summed E-state index contributed by atoms with van der Waals surface area (Å²) in [4.78, 5) is 11.9. The predicted octanol–water partition coefficient (Wildman–Crippen LogP) is 0.856. The summed E-state index contributed by atoms with van der Waals surface area (Å²) in [6.07, 6.45) is 0.751. The summed E-state index contributed by atoms with van der Waals surface area (Å²) in [5, 5.41) is 5.09. The number of hydrogen-bond donors (Lipinski definition) is 2. The van der Waals surface area contributed by atoms with Crippen molar-refractivity contribution in [1.29, 1.82) is 0 Å². The van der Waals surface area contributed by atoms with Crippen LogP contribution in [0.15, 0.2) is 29.2 Å². The van der Waals surface area contributed by atoms with Crippen molar-refractivity contribution in [3.8, 4) is 0 Å². The van der Waals surface area contributed by atoms with Crippen LogP contribution in [0, 0.1) is 5.82 Å². The van der Waals surface area contributed by atoms with Gasteiger partial charge in [0, 0.05) is 19.0 Å². The van der Waals surface area contributed by atoms with E-state index in [9.17, 15) is 17.6 Å². The zero-order chi connectivity index (χ0) is 15.5. The van der Waals surface area contributed by atoms with Crippen LogP contribution in [0.1, 0.15) is 19.8 Å². The van der Waals surface area contributed by atoms with Gasteiger partial charge in [0.15, 0.2) is 9.84 Å². The number of amides is 1. The molecule has 1 aromatic rings. The van der Waals surface area contributed by atoms with Crippen LogP contribution >= 0.6 is 0 Å². The molecule has 1 saturated heterocycles. The van der Waals surface area contributed by atoms with Crippen molar-refractivity contribution >= 4 is 15.7 Å². The van der Waals surface area contributed by atoms with Gasteiger partial charge in [0.05, 0.1) is 10.1 Å². The molecular weight excluding hydrogens is 295 g/mol. The van der Waals surface area contributed by atoms with Crippen LogP contribution in [-0.2, 0) is 14.6 Å². The highest BCUT2D eigenvalue weighted by Gasteiger charge is 2.27. The molecule has 0 spiro atoms. The number of rotatable bonds is 5. The number of sulfone groups is 1. The maximum atomic E-state index is 12.8. The third-order valence-corrected chi connectivity index (χ3v) is 5.73. The van der Waals surface area contributed by atoms with Crippen LogP contribution in [0.3, 0.4) is 0 Å². The maximum absolute atomic E-state index is 12.8. The van der Waals surface area contributed by atoms with Crippen molar-refractivity contribution in [2.24, 2.45) is 0 Å². The van der Waals surface area contributed by atoms with E-state index < -0.39 is 20.9 Å². The number of benzene rings is 1. The Balaban J connectivity index is 1.99. The van der Waals surface area contributed by atoms with Gasteiger partial charge in [-0.05, 0) is 44.2 Å². The highest BCUT2D eigenvalue weighted by Crippen LogP contribution is 2.18. The first kappa shape index (κ1) is 15.9. The Morgan fingerprint density at radius 2 is 2.10 bits per heavy atom. The molecular formula is C14H19FN2O3S. The van der Waals surface area contributed by atoms with Gasteiger partial charge >= 0.3 is 0 Å². The van der Waals surface area contributed by atoms with Gasteiger partial charge in [-0.1, -0.05) is 0 Å². The summed E-state index contributed by atoms with van der Waals surface area (Å²) in [7, 11) is -3.63. The fraction of sp³-hybridized carbons (Fsp3) is 0.500. The van der Waals surface area contributed by atoms with Crippen molar-refractivity contribution in [2.75, 3.05) is 13.1 Å². The van der Waals surface area contributed by atoms with Crippen molar-refractivity contribution in [1.82, 2.24) is 10.6 Å². The molecule has 0 bridgehead atoms. The summed E-state index contributed by atoms with van der Waals surface area (Å²) in [6.45, 7) is 3.06. The fourth-order valence-corrected chi connectivity index (χ4v) is 3.64. The topological polar surface area (TPSA) is 75.3 Å². The molecule has 0 radical (unpaired) electrons. The van der Waals surface area contributed by atoms with Crippen LogP contribution in [0.25, 0.3) is 0 Å². The van der Waals surface area contributed by atoms with E-state index in [0.29, 0.717) is 6.54 Å². The molecule has 1 aliphatic heterocycles. The molecule has 0 aromatic heterocycles. The van der Waals surface area contributed by atoms with Crippen LogP contribution in [-0.4, -0.2) is 38.7 Å². The van der Waals surface area contributed by atoms with Gasteiger partial charge in [0.25, 0.3) is 0 Å². The van der Waals surface area contributed by atoms with E-state index in [2.05, 4.69) is 10.6 Å². The smallest absolute Gasteiger partial charge is 0.221 e. The number of carbonyl (C=O) groups excluding carboxylic acids is 1. The van der Waals surface area contributed by atoms with Gasteiger partial charge in [0.2, 0.25) is 5.91 Å². The van der Waals surface area contributed by atoms with Crippen molar-refractivity contribution in [3.05, 3.63) is 30.1 Å². The predicted molar refractivity (Wildman–Crippen MR) is 77.1 cm³/mol. The Morgan fingerprint density at radius 3 is 2.67 bits per heavy atom. The lowest BCUT2D eigenvalue weighted by atomic mass is 10.2. The molecule has 0 saturated carbocycles. The lowest BCUT2D eigenvalue weighted by Gasteiger charge is -2.15. The zero-order valence-corrected chi connectivity index (χ0v) is 12.6. The number of hydrogen-bond acceptors (Lipinski definition) is 4. The van der Waals surface area contributed by atoms with Gasteiger partial charge in [0.1, 0.15) is 5.82 Å². The Hall–Kier alpha value is -1.47. The second-order valence-corrected chi connectivity index (χ2v) is 7.64. The second kappa shape index (κ2) is 6.53. The van der Waals surface area contributed by atoms with Crippen LogP contribution in [0.5, 0.6) is 0 Å². The molecule has 0 aliphatic carbocycles. The van der Waals surface area contributed by atoms with Crippen molar-refractivity contribution in [2.45, 2.75) is 36.0 Å².